The lowest BCUT2D eigenvalue weighted by atomic mass is 9.96. The summed E-state index contributed by atoms with van der Waals surface area (Å²) in [4.78, 5) is 8.28. The van der Waals surface area contributed by atoms with Crippen LogP contribution in [0.15, 0.2) is 48.8 Å². The number of nitriles is 2. The molecule has 0 saturated carbocycles. The predicted molar refractivity (Wildman–Crippen MR) is 108 cm³/mol. The van der Waals surface area contributed by atoms with E-state index in [2.05, 4.69) is 21.4 Å². The van der Waals surface area contributed by atoms with Crippen LogP contribution in [0.25, 0.3) is 11.1 Å². The van der Waals surface area contributed by atoms with Gasteiger partial charge in [0.1, 0.15) is 47.3 Å². The summed E-state index contributed by atoms with van der Waals surface area (Å²) in [6.45, 7) is 0.483. The van der Waals surface area contributed by atoms with Gasteiger partial charge in [-0.3, -0.25) is 4.98 Å². The molecule has 8 heteroatoms. The first kappa shape index (κ1) is 19.6. The van der Waals surface area contributed by atoms with Crippen molar-refractivity contribution in [3.05, 3.63) is 65.5 Å². The van der Waals surface area contributed by atoms with Crippen molar-refractivity contribution < 1.29 is 9.84 Å². The number of anilines is 2. The summed E-state index contributed by atoms with van der Waals surface area (Å²) >= 11 is 0. The number of nitrogens with zero attached hydrogens (tertiary/aromatic N) is 4. The number of hydrogen-bond donors (Lipinski definition) is 3. The summed E-state index contributed by atoms with van der Waals surface area (Å²) in [6.07, 6.45) is 3.38. The minimum atomic E-state index is -0.0915. The van der Waals surface area contributed by atoms with Crippen LogP contribution < -0.4 is 15.8 Å². The molecule has 1 aromatic carbocycles. The summed E-state index contributed by atoms with van der Waals surface area (Å²) in [5.74, 6) is 0.899. The summed E-state index contributed by atoms with van der Waals surface area (Å²) in [6, 6.07) is 14.8. The third-order valence-corrected chi connectivity index (χ3v) is 4.13. The Morgan fingerprint density at radius 2 is 1.86 bits per heavy atom. The molecule has 29 heavy (non-hydrogen) atoms. The van der Waals surface area contributed by atoms with E-state index in [-0.39, 0.29) is 30.2 Å². The number of pyridine rings is 2. The van der Waals surface area contributed by atoms with Crippen molar-refractivity contribution in [1.29, 1.82) is 10.5 Å². The summed E-state index contributed by atoms with van der Waals surface area (Å²) in [5, 5.41) is 31.4. The second-order valence-electron chi connectivity index (χ2n) is 6.01. The Balaban J connectivity index is 2.02. The molecule has 0 bridgehead atoms. The topological polar surface area (TPSA) is 141 Å². The normalized spacial score (nSPS) is 10.0. The number of rotatable bonds is 7. The third-order valence-electron chi connectivity index (χ3n) is 4.13. The van der Waals surface area contributed by atoms with E-state index in [1.54, 1.807) is 36.7 Å². The van der Waals surface area contributed by atoms with E-state index in [0.29, 0.717) is 29.2 Å². The van der Waals surface area contributed by atoms with Gasteiger partial charge in [0.2, 0.25) is 0 Å². The molecule has 3 aromatic rings. The zero-order chi connectivity index (χ0) is 20.6. The fraction of sp³-hybridized carbons (Fsp3) is 0.143. The second kappa shape index (κ2) is 9.18. The minimum absolute atomic E-state index is 0.0378. The van der Waals surface area contributed by atoms with E-state index in [9.17, 15) is 10.5 Å². The van der Waals surface area contributed by atoms with Gasteiger partial charge in [-0.2, -0.15) is 10.5 Å². The second-order valence-corrected chi connectivity index (χ2v) is 6.01. The molecule has 0 aliphatic heterocycles. The number of aliphatic hydroxyl groups excluding tert-OH is 1. The molecule has 0 radical (unpaired) electrons. The first-order valence-electron chi connectivity index (χ1n) is 8.78. The van der Waals surface area contributed by atoms with E-state index in [1.807, 2.05) is 18.2 Å². The number of nitrogen functional groups attached to an aromatic ring is 1. The van der Waals surface area contributed by atoms with Gasteiger partial charge in [-0.05, 0) is 29.3 Å². The first-order chi connectivity index (χ1) is 14.2. The van der Waals surface area contributed by atoms with Crippen molar-refractivity contribution in [3.63, 3.8) is 0 Å². The number of benzene rings is 1. The number of nitrogens with one attached hydrogen (secondary N) is 1. The molecule has 8 nitrogen and oxygen atoms in total. The van der Waals surface area contributed by atoms with Crippen LogP contribution in [0.5, 0.6) is 5.75 Å². The molecule has 0 atom stereocenters. The quantitative estimate of drug-likeness (QED) is 0.562. The minimum Gasteiger partial charge on any atom is -0.491 e. The standard InChI is InChI=1S/C21H18N6O2/c22-10-17-19(15-3-5-16(6-4-15)29-9-8-28)18(11-23)21(27-20(17)24)26-13-14-2-1-7-25-12-14/h1-7,12,28H,8-9,13H2,(H3,24,26,27). The molecule has 0 aliphatic carbocycles. The first-order valence-corrected chi connectivity index (χ1v) is 8.78. The van der Waals surface area contributed by atoms with Crippen LogP contribution in [0.2, 0.25) is 0 Å². The van der Waals surface area contributed by atoms with Gasteiger partial charge in [-0.1, -0.05) is 18.2 Å². The molecule has 0 spiro atoms. The fourth-order valence-electron chi connectivity index (χ4n) is 2.81. The van der Waals surface area contributed by atoms with E-state index >= 15 is 0 Å². The molecule has 4 N–H and O–H groups in total. The predicted octanol–water partition coefficient (Wildman–Crippen LogP) is 2.45. The van der Waals surface area contributed by atoms with E-state index in [4.69, 9.17) is 15.6 Å². The van der Waals surface area contributed by atoms with Crippen molar-refractivity contribution in [3.8, 4) is 29.0 Å². The Kier molecular flexibility index (Phi) is 6.21. The molecule has 0 amide bonds. The molecule has 0 aliphatic rings. The van der Waals surface area contributed by atoms with Crippen molar-refractivity contribution in [2.45, 2.75) is 6.54 Å². The molecule has 2 heterocycles. The van der Waals surface area contributed by atoms with Crippen molar-refractivity contribution >= 4 is 11.6 Å². The summed E-state index contributed by atoms with van der Waals surface area (Å²) < 4.78 is 5.36. The summed E-state index contributed by atoms with van der Waals surface area (Å²) in [7, 11) is 0. The molecule has 0 unspecified atom stereocenters. The highest BCUT2D eigenvalue weighted by Gasteiger charge is 2.20. The highest BCUT2D eigenvalue weighted by molar-refractivity contribution is 5.85. The van der Waals surface area contributed by atoms with E-state index in [0.717, 1.165) is 5.56 Å². The van der Waals surface area contributed by atoms with Crippen LogP contribution in [-0.2, 0) is 6.54 Å². The number of aliphatic hydroxyl groups is 1. The summed E-state index contributed by atoms with van der Waals surface area (Å²) in [5.41, 5.74) is 8.32. The number of hydrogen-bond acceptors (Lipinski definition) is 8. The average molecular weight is 386 g/mol. The Labute approximate surface area is 167 Å². The highest BCUT2D eigenvalue weighted by atomic mass is 16.5. The van der Waals surface area contributed by atoms with Gasteiger partial charge in [-0.25, -0.2) is 4.98 Å². The van der Waals surface area contributed by atoms with E-state index < -0.39 is 0 Å². The SMILES string of the molecule is N#Cc1c(N)nc(NCc2cccnc2)c(C#N)c1-c1ccc(OCCO)cc1. The van der Waals surface area contributed by atoms with Gasteiger partial charge in [-0.15, -0.1) is 0 Å². The lowest BCUT2D eigenvalue weighted by molar-refractivity contribution is 0.201. The average Bonchev–Trinajstić information content (AvgIpc) is 2.76. The van der Waals surface area contributed by atoms with Crippen LogP contribution in [0.1, 0.15) is 16.7 Å². The maximum Gasteiger partial charge on any atom is 0.147 e. The van der Waals surface area contributed by atoms with Crippen molar-refractivity contribution in [2.24, 2.45) is 0 Å². The van der Waals surface area contributed by atoms with Crippen LogP contribution in [0.3, 0.4) is 0 Å². The van der Waals surface area contributed by atoms with Gasteiger partial charge in [0.15, 0.2) is 0 Å². The maximum atomic E-state index is 9.79. The Bertz CT molecular complexity index is 1070. The molecular weight excluding hydrogens is 368 g/mol. The van der Waals surface area contributed by atoms with Crippen LogP contribution in [-0.4, -0.2) is 28.3 Å². The monoisotopic (exact) mass is 386 g/mol. The lowest BCUT2D eigenvalue weighted by Gasteiger charge is -2.15. The smallest absolute Gasteiger partial charge is 0.147 e. The molecule has 0 fully saturated rings. The van der Waals surface area contributed by atoms with Crippen LogP contribution >= 0.6 is 0 Å². The van der Waals surface area contributed by atoms with E-state index in [1.165, 1.54) is 0 Å². The molecule has 2 aromatic heterocycles. The number of nitrogens with two attached hydrogens (primary N) is 1. The Hall–Kier alpha value is -4.14. The lowest BCUT2D eigenvalue weighted by Crippen LogP contribution is -2.09. The largest absolute Gasteiger partial charge is 0.491 e. The zero-order valence-electron chi connectivity index (χ0n) is 15.5. The van der Waals surface area contributed by atoms with Gasteiger partial charge in [0.05, 0.1) is 6.61 Å². The maximum absolute atomic E-state index is 9.79. The number of aromatic nitrogens is 2. The Morgan fingerprint density at radius 1 is 1.10 bits per heavy atom. The molecule has 0 saturated heterocycles. The van der Waals surface area contributed by atoms with Gasteiger partial charge in [0, 0.05) is 24.5 Å². The van der Waals surface area contributed by atoms with Crippen molar-refractivity contribution in [1.82, 2.24) is 9.97 Å². The molecular formula is C21H18N6O2. The number of ether oxygens (including phenoxy) is 1. The highest BCUT2D eigenvalue weighted by Crippen LogP contribution is 2.34. The van der Waals surface area contributed by atoms with Gasteiger partial charge >= 0.3 is 0 Å². The molecule has 3 rings (SSSR count). The Morgan fingerprint density at radius 3 is 2.48 bits per heavy atom. The van der Waals surface area contributed by atoms with Gasteiger partial charge in [0.25, 0.3) is 0 Å². The zero-order valence-corrected chi connectivity index (χ0v) is 15.5. The third kappa shape index (κ3) is 4.41. The van der Waals surface area contributed by atoms with Gasteiger partial charge < -0.3 is 20.9 Å². The van der Waals surface area contributed by atoms with Crippen LogP contribution in [0.4, 0.5) is 11.6 Å². The molecule has 144 valence electrons. The van der Waals surface area contributed by atoms with Crippen molar-refractivity contribution in [2.75, 3.05) is 24.3 Å². The van der Waals surface area contributed by atoms with Crippen LogP contribution in [0, 0.1) is 22.7 Å². The fourth-order valence-corrected chi connectivity index (χ4v) is 2.81.